The monoisotopic (exact) mass is 390 g/mol. The van der Waals surface area contributed by atoms with Crippen LogP contribution in [0.15, 0.2) is 78.6 Å². The van der Waals surface area contributed by atoms with Crippen molar-refractivity contribution >= 4 is 29.2 Å². The standard InChI is InChI=1S/C23H15ClO4/c24-17-8-6-16(7-9-17)20(25)14-27-18-10-11-19-21(13-18)28-22(23(19)26)12-15-4-2-1-3-5-15/h1-13H,14H2/b22-12-. The number of rotatable bonds is 5. The lowest BCUT2D eigenvalue weighted by atomic mass is 10.1. The molecule has 0 saturated carbocycles. The molecule has 4 rings (SSSR count). The molecule has 28 heavy (non-hydrogen) atoms. The summed E-state index contributed by atoms with van der Waals surface area (Å²) in [6.07, 6.45) is 1.70. The van der Waals surface area contributed by atoms with Crippen molar-refractivity contribution in [1.29, 1.82) is 0 Å². The Labute approximate surface area is 167 Å². The van der Waals surface area contributed by atoms with E-state index in [0.29, 0.717) is 27.6 Å². The number of hydrogen-bond donors (Lipinski definition) is 0. The smallest absolute Gasteiger partial charge is 0.231 e. The van der Waals surface area contributed by atoms with Crippen LogP contribution in [0.25, 0.3) is 6.08 Å². The van der Waals surface area contributed by atoms with E-state index in [1.165, 1.54) is 0 Å². The van der Waals surface area contributed by atoms with Crippen molar-refractivity contribution in [1.82, 2.24) is 0 Å². The molecule has 0 spiro atoms. The van der Waals surface area contributed by atoms with E-state index in [0.717, 1.165) is 5.56 Å². The van der Waals surface area contributed by atoms with Gasteiger partial charge < -0.3 is 9.47 Å². The predicted octanol–water partition coefficient (Wildman–Crippen LogP) is 5.22. The Balaban J connectivity index is 1.46. The average Bonchev–Trinajstić information content (AvgIpc) is 3.02. The molecule has 138 valence electrons. The Kier molecular flexibility index (Phi) is 4.96. The Morgan fingerprint density at radius 2 is 1.75 bits per heavy atom. The molecule has 1 aliphatic heterocycles. The van der Waals surface area contributed by atoms with Crippen LogP contribution in [0.5, 0.6) is 11.5 Å². The van der Waals surface area contributed by atoms with Crippen molar-refractivity contribution in [3.8, 4) is 11.5 Å². The minimum atomic E-state index is -0.178. The van der Waals surface area contributed by atoms with Gasteiger partial charge >= 0.3 is 0 Å². The molecule has 3 aromatic carbocycles. The number of allylic oxidation sites excluding steroid dienone is 1. The third kappa shape index (κ3) is 3.82. The van der Waals surface area contributed by atoms with Gasteiger partial charge in [-0.1, -0.05) is 41.9 Å². The second-order valence-corrected chi connectivity index (χ2v) is 6.66. The van der Waals surface area contributed by atoms with Crippen LogP contribution < -0.4 is 9.47 Å². The summed E-state index contributed by atoms with van der Waals surface area (Å²) in [6.45, 7) is -0.124. The first-order valence-electron chi connectivity index (χ1n) is 8.65. The quantitative estimate of drug-likeness (QED) is 0.443. The number of halogens is 1. The zero-order valence-corrected chi connectivity index (χ0v) is 15.5. The molecule has 0 bridgehead atoms. The van der Waals surface area contributed by atoms with Crippen molar-refractivity contribution in [2.75, 3.05) is 6.61 Å². The van der Waals surface area contributed by atoms with Gasteiger partial charge in [0.1, 0.15) is 11.5 Å². The molecule has 0 amide bonds. The first-order valence-corrected chi connectivity index (χ1v) is 9.03. The minimum Gasteiger partial charge on any atom is -0.485 e. The molecule has 3 aromatic rings. The van der Waals surface area contributed by atoms with Gasteiger partial charge in [-0.3, -0.25) is 9.59 Å². The molecule has 1 heterocycles. The molecule has 0 aromatic heterocycles. The topological polar surface area (TPSA) is 52.6 Å². The van der Waals surface area contributed by atoms with Crippen LogP contribution in [-0.2, 0) is 0 Å². The van der Waals surface area contributed by atoms with Gasteiger partial charge in [0.25, 0.3) is 0 Å². The summed E-state index contributed by atoms with van der Waals surface area (Å²) in [5.74, 6) is 0.788. The van der Waals surface area contributed by atoms with Crippen molar-refractivity contribution in [3.05, 3.63) is 100 Å². The van der Waals surface area contributed by atoms with Crippen LogP contribution in [0.3, 0.4) is 0 Å². The van der Waals surface area contributed by atoms with E-state index in [2.05, 4.69) is 0 Å². The fourth-order valence-corrected chi connectivity index (χ4v) is 2.95. The highest BCUT2D eigenvalue weighted by atomic mass is 35.5. The number of benzene rings is 3. The second-order valence-electron chi connectivity index (χ2n) is 6.23. The first-order chi connectivity index (χ1) is 13.6. The zero-order valence-electron chi connectivity index (χ0n) is 14.7. The summed E-state index contributed by atoms with van der Waals surface area (Å²) in [4.78, 5) is 24.7. The fourth-order valence-electron chi connectivity index (χ4n) is 2.83. The summed E-state index contributed by atoms with van der Waals surface area (Å²) in [7, 11) is 0. The molecule has 0 N–H and O–H groups in total. The maximum absolute atomic E-state index is 12.5. The predicted molar refractivity (Wildman–Crippen MR) is 107 cm³/mol. The number of Topliss-reactive ketones (excluding diaryl/α,β-unsaturated/α-hetero) is 2. The van der Waals surface area contributed by atoms with E-state index in [9.17, 15) is 9.59 Å². The van der Waals surface area contributed by atoms with Crippen LogP contribution in [0.4, 0.5) is 0 Å². The number of carbonyl (C=O) groups is 2. The molecule has 0 fully saturated rings. The van der Waals surface area contributed by atoms with E-state index in [1.54, 1.807) is 48.5 Å². The zero-order chi connectivity index (χ0) is 19.5. The summed E-state index contributed by atoms with van der Waals surface area (Å²) in [6, 6.07) is 21.0. The molecule has 0 saturated heterocycles. The molecule has 0 radical (unpaired) electrons. The summed E-state index contributed by atoms with van der Waals surface area (Å²) in [5.41, 5.74) is 1.87. The summed E-state index contributed by atoms with van der Waals surface area (Å²) < 4.78 is 11.3. The Morgan fingerprint density at radius 1 is 1.00 bits per heavy atom. The number of ketones is 2. The highest BCUT2D eigenvalue weighted by Crippen LogP contribution is 2.34. The molecular weight excluding hydrogens is 376 g/mol. The molecule has 0 unspecified atom stereocenters. The van der Waals surface area contributed by atoms with Crippen molar-refractivity contribution in [3.63, 3.8) is 0 Å². The van der Waals surface area contributed by atoms with Gasteiger partial charge in [0.05, 0.1) is 5.56 Å². The molecule has 4 nitrogen and oxygen atoms in total. The third-order valence-corrected chi connectivity index (χ3v) is 4.53. The number of hydrogen-bond acceptors (Lipinski definition) is 4. The lowest BCUT2D eigenvalue weighted by molar-refractivity contribution is 0.0921. The van der Waals surface area contributed by atoms with E-state index < -0.39 is 0 Å². The van der Waals surface area contributed by atoms with Gasteiger partial charge in [-0.15, -0.1) is 0 Å². The van der Waals surface area contributed by atoms with E-state index in [4.69, 9.17) is 21.1 Å². The number of fused-ring (bicyclic) bond motifs is 1. The van der Waals surface area contributed by atoms with Crippen LogP contribution >= 0.6 is 11.6 Å². The Bertz CT molecular complexity index is 1070. The number of carbonyl (C=O) groups excluding carboxylic acids is 2. The maximum atomic E-state index is 12.5. The lowest BCUT2D eigenvalue weighted by Crippen LogP contribution is -2.11. The molecular formula is C23H15ClO4. The maximum Gasteiger partial charge on any atom is 0.231 e. The minimum absolute atomic E-state index is 0.124. The van der Waals surface area contributed by atoms with Gasteiger partial charge in [0, 0.05) is 16.7 Å². The fraction of sp³-hybridized carbons (Fsp3) is 0.0435. The van der Waals surface area contributed by atoms with E-state index >= 15 is 0 Å². The van der Waals surface area contributed by atoms with Crippen LogP contribution in [0, 0.1) is 0 Å². The van der Waals surface area contributed by atoms with Crippen LogP contribution in [-0.4, -0.2) is 18.2 Å². The van der Waals surface area contributed by atoms with Gasteiger partial charge in [-0.05, 0) is 48.0 Å². The highest BCUT2D eigenvalue weighted by Gasteiger charge is 2.27. The van der Waals surface area contributed by atoms with Crippen molar-refractivity contribution in [2.24, 2.45) is 0 Å². The van der Waals surface area contributed by atoms with E-state index in [-0.39, 0.29) is 23.9 Å². The van der Waals surface area contributed by atoms with Crippen molar-refractivity contribution < 1.29 is 19.1 Å². The van der Waals surface area contributed by atoms with E-state index in [1.807, 2.05) is 30.3 Å². The Morgan fingerprint density at radius 3 is 2.50 bits per heavy atom. The average molecular weight is 391 g/mol. The highest BCUT2D eigenvalue weighted by molar-refractivity contribution is 6.30. The summed E-state index contributed by atoms with van der Waals surface area (Å²) in [5, 5.41) is 0.567. The van der Waals surface area contributed by atoms with Crippen LogP contribution in [0.2, 0.25) is 5.02 Å². The third-order valence-electron chi connectivity index (χ3n) is 4.27. The number of ether oxygens (including phenoxy) is 2. The van der Waals surface area contributed by atoms with Crippen molar-refractivity contribution in [2.45, 2.75) is 0 Å². The molecule has 5 heteroatoms. The molecule has 1 aliphatic rings. The first kappa shape index (κ1) is 18.0. The Hall–Kier alpha value is -3.37. The normalized spacial score (nSPS) is 13.9. The second kappa shape index (κ2) is 7.71. The van der Waals surface area contributed by atoms with Gasteiger partial charge in [-0.25, -0.2) is 0 Å². The molecule has 0 aliphatic carbocycles. The van der Waals surface area contributed by atoms with Gasteiger partial charge in [0.2, 0.25) is 5.78 Å². The molecule has 0 atom stereocenters. The lowest BCUT2D eigenvalue weighted by Gasteiger charge is -2.07. The van der Waals surface area contributed by atoms with Gasteiger partial charge in [-0.2, -0.15) is 0 Å². The SMILES string of the molecule is O=C(COc1ccc2c(c1)O/C(=C\c1ccccc1)C2=O)c1ccc(Cl)cc1. The summed E-state index contributed by atoms with van der Waals surface area (Å²) >= 11 is 5.83. The largest absolute Gasteiger partial charge is 0.485 e. The van der Waals surface area contributed by atoms with Gasteiger partial charge in [0.15, 0.2) is 18.1 Å². The van der Waals surface area contributed by atoms with Crippen LogP contribution in [0.1, 0.15) is 26.3 Å².